The fraction of sp³-hybridized carbons (Fsp3) is 0.0952. The van der Waals surface area contributed by atoms with Crippen molar-refractivity contribution in [3.05, 3.63) is 78.2 Å². The van der Waals surface area contributed by atoms with Crippen LogP contribution in [0.15, 0.2) is 66.9 Å². The van der Waals surface area contributed by atoms with Crippen LogP contribution in [0, 0.1) is 5.82 Å². The van der Waals surface area contributed by atoms with Crippen LogP contribution in [0.4, 0.5) is 15.8 Å². The maximum atomic E-state index is 12.9. The van der Waals surface area contributed by atoms with E-state index in [0.29, 0.717) is 29.1 Å². The first-order valence-corrected chi connectivity index (χ1v) is 8.49. The molecule has 1 heterocycles. The first kappa shape index (κ1) is 18.3. The lowest BCUT2D eigenvalue weighted by Crippen LogP contribution is -2.12. The van der Waals surface area contributed by atoms with Gasteiger partial charge in [0.1, 0.15) is 5.82 Å². The van der Waals surface area contributed by atoms with Crippen LogP contribution >= 0.6 is 0 Å². The third-order valence-electron chi connectivity index (χ3n) is 3.93. The smallest absolute Gasteiger partial charge is 0.255 e. The van der Waals surface area contributed by atoms with Gasteiger partial charge in [0.2, 0.25) is 5.91 Å². The lowest BCUT2D eigenvalue weighted by atomic mass is 10.1. The predicted octanol–water partition coefficient (Wildman–Crippen LogP) is 4.49. The van der Waals surface area contributed by atoms with Crippen molar-refractivity contribution in [2.24, 2.45) is 0 Å². The van der Waals surface area contributed by atoms with Crippen molar-refractivity contribution >= 4 is 23.2 Å². The molecule has 0 aliphatic rings. The Labute approximate surface area is 156 Å². The molecule has 0 unspecified atom stereocenters. The molecule has 0 saturated heterocycles. The zero-order chi connectivity index (χ0) is 19.2. The molecule has 2 amide bonds. The molecular weight excluding hydrogens is 345 g/mol. The van der Waals surface area contributed by atoms with Crippen molar-refractivity contribution in [3.8, 4) is 11.3 Å². The molecule has 0 aliphatic carbocycles. The molecule has 0 fully saturated rings. The molecule has 0 aliphatic heterocycles. The van der Waals surface area contributed by atoms with E-state index in [1.54, 1.807) is 49.5 Å². The van der Waals surface area contributed by atoms with E-state index in [0.717, 1.165) is 5.56 Å². The Morgan fingerprint density at radius 3 is 2.33 bits per heavy atom. The highest BCUT2D eigenvalue weighted by Crippen LogP contribution is 2.26. The second-order valence-corrected chi connectivity index (χ2v) is 5.84. The largest absolute Gasteiger partial charge is 0.324 e. The number of benzene rings is 2. The molecule has 2 aromatic carbocycles. The van der Waals surface area contributed by atoms with Gasteiger partial charge in [-0.1, -0.05) is 19.1 Å². The summed E-state index contributed by atoms with van der Waals surface area (Å²) < 4.78 is 12.9. The average molecular weight is 363 g/mol. The van der Waals surface area contributed by atoms with Gasteiger partial charge in [-0.25, -0.2) is 4.39 Å². The number of hydrogen-bond acceptors (Lipinski definition) is 3. The number of rotatable bonds is 5. The number of amides is 2. The van der Waals surface area contributed by atoms with E-state index in [1.807, 2.05) is 0 Å². The first-order valence-electron chi connectivity index (χ1n) is 8.49. The van der Waals surface area contributed by atoms with Crippen LogP contribution in [0.5, 0.6) is 0 Å². The molecule has 2 N–H and O–H groups in total. The Kier molecular flexibility index (Phi) is 5.56. The van der Waals surface area contributed by atoms with Gasteiger partial charge < -0.3 is 10.6 Å². The van der Waals surface area contributed by atoms with Crippen LogP contribution in [0.1, 0.15) is 23.7 Å². The molecular formula is C21H18FN3O2. The van der Waals surface area contributed by atoms with Gasteiger partial charge in [-0.2, -0.15) is 0 Å². The Bertz CT molecular complexity index is 954. The number of carbonyl (C=O) groups excluding carboxylic acids is 2. The maximum Gasteiger partial charge on any atom is 0.255 e. The van der Waals surface area contributed by atoms with Gasteiger partial charge >= 0.3 is 0 Å². The monoisotopic (exact) mass is 363 g/mol. The van der Waals surface area contributed by atoms with Gasteiger partial charge in [0, 0.05) is 29.4 Å². The van der Waals surface area contributed by atoms with Crippen LogP contribution in [0.3, 0.4) is 0 Å². The minimum atomic E-state index is -0.362. The summed E-state index contributed by atoms with van der Waals surface area (Å²) in [6.45, 7) is 1.78. The molecule has 0 bridgehead atoms. The van der Waals surface area contributed by atoms with Gasteiger partial charge in [-0.05, 0) is 48.5 Å². The molecule has 6 heteroatoms. The zero-order valence-electron chi connectivity index (χ0n) is 14.7. The van der Waals surface area contributed by atoms with Crippen LogP contribution in [-0.4, -0.2) is 16.8 Å². The highest BCUT2D eigenvalue weighted by atomic mass is 19.1. The summed E-state index contributed by atoms with van der Waals surface area (Å²) in [6, 6.07) is 16.0. The standard InChI is InChI=1S/C21H18FN3O2/c1-2-19(26)25-18-4-3-13-23-20(18)14-5-7-15(8-6-14)21(27)24-17-11-9-16(22)10-12-17/h3-13H,2H2,1H3,(H,24,27)(H,25,26). The van der Waals surface area contributed by atoms with E-state index in [2.05, 4.69) is 15.6 Å². The molecule has 136 valence electrons. The summed E-state index contributed by atoms with van der Waals surface area (Å²) in [4.78, 5) is 28.3. The number of nitrogens with zero attached hydrogens (tertiary/aromatic N) is 1. The maximum absolute atomic E-state index is 12.9. The third-order valence-corrected chi connectivity index (χ3v) is 3.93. The summed E-state index contributed by atoms with van der Waals surface area (Å²) in [5.74, 6) is -0.757. The first-order chi connectivity index (χ1) is 13.1. The molecule has 1 aromatic heterocycles. The van der Waals surface area contributed by atoms with Crippen LogP contribution < -0.4 is 10.6 Å². The summed E-state index contributed by atoms with van der Waals surface area (Å²) in [5, 5.41) is 5.53. The van der Waals surface area contributed by atoms with E-state index in [9.17, 15) is 14.0 Å². The predicted molar refractivity (Wildman–Crippen MR) is 103 cm³/mol. The lowest BCUT2D eigenvalue weighted by molar-refractivity contribution is -0.115. The molecule has 5 nitrogen and oxygen atoms in total. The van der Waals surface area contributed by atoms with Crippen molar-refractivity contribution in [2.45, 2.75) is 13.3 Å². The van der Waals surface area contributed by atoms with E-state index >= 15 is 0 Å². The Balaban J connectivity index is 1.78. The highest BCUT2D eigenvalue weighted by molar-refractivity contribution is 6.04. The quantitative estimate of drug-likeness (QED) is 0.702. The van der Waals surface area contributed by atoms with Gasteiger partial charge in [-0.3, -0.25) is 14.6 Å². The number of anilines is 2. The summed E-state index contributed by atoms with van der Waals surface area (Å²) in [7, 11) is 0. The fourth-order valence-corrected chi connectivity index (χ4v) is 2.49. The summed E-state index contributed by atoms with van der Waals surface area (Å²) in [6.07, 6.45) is 2.02. The van der Waals surface area contributed by atoms with Crippen molar-refractivity contribution < 1.29 is 14.0 Å². The van der Waals surface area contributed by atoms with Crippen molar-refractivity contribution in [2.75, 3.05) is 10.6 Å². The van der Waals surface area contributed by atoms with E-state index in [1.165, 1.54) is 24.3 Å². The second-order valence-electron chi connectivity index (χ2n) is 5.84. The molecule has 0 radical (unpaired) electrons. The van der Waals surface area contributed by atoms with Gasteiger partial charge in [-0.15, -0.1) is 0 Å². The molecule has 27 heavy (non-hydrogen) atoms. The van der Waals surface area contributed by atoms with E-state index in [-0.39, 0.29) is 17.6 Å². The number of halogens is 1. The van der Waals surface area contributed by atoms with Crippen LogP contribution in [0.25, 0.3) is 11.3 Å². The van der Waals surface area contributed by atoms with Crippen molar-refractivity contribution in [1.29, 1.82) is 0 Å². The molecule has 0 saturated carbocycles. The zero-order valence-corrected chi connectivity index (χ0v) is 14.7. The Hall–Kier alpha value is -3.54. The molecule has 0 spiro atoms. The van der Waals surface area contributed by atoms with Crippen LogP contribution in [-0.2, 0) is 4.79 Å². The molecule has 3 rings (SSSR count). The minimum absolute atomic E-state index is 0.0976. The number of aromatic nitrogens is 1. The Morgan fingerprint density at radius 2 is 1.67 bits per heavy atom. The number of pyridine rings is 1. The van der Waals surface area contributed by atoms with Crippen LogP contribution in [0.2, 0.25) is 0 Å². The Morgan fingerprint density at radius 1 is 0.963 bits per heavy atom. The third kappa shape index (κ3) is 4.55. The SMILES string of the molecule is CCC(=O)Nc1cccnc1-c1ccc(C(=O)Nc2ccc(F)cc2)cc1. The van der Waals surface area contributed by atoms with E-state index in [4.69, 9.17) is 0 Å². The fourth-order valence-electron chi connectivity index (χ4n) is 2.49. The number of carbonyl (C=O) groups is 2. The normalized spacial score (nSPS) is 10.3. The van der Waals surface area contributed by atoms with Gasteiger partial charge in [0.25, 0.3) is 5.91 Å². The van der Waals surface area contributed by atoms with E-state index < -0.39 is 0 Å². The average Bonchev–Trinajstić information content (AvgIpc) is 2.70. The molecule has 0 atom stereocenters. The van der Waals surface area contributed by atoms with Gasteiger partial charge in [0.05, 0.1) is 11.4 Å². The van der Waals surface area contributed by atoms with Gasteiger partial charge in [0.15, 0.2) is 0 Å². The van der Waals surface area contributed by atoms with Crippen molar-refractivity contribution in [1.82, 2.24) is 4.98 Å². The summed E-state index contributed by atoms with van der Waals surface area (Å²) in [5.41, 5.74) is 3.00. The topological polar surface area (TPSA) is 71.1 Å². The second kappa shape index (κ2) is 8.23. The summed E-state index contributed by atoms with van der Waals surface area (Å²) >= 11 is 0. The number of nitrogens with one attached hydrogen (secondary N) is 2. The highest BCUT2D eigenvalue weighted by Gasteiger charge is 2.11. The lowest BCUT2D eigenvalue weighted by Gasteiger charge is -2.10. The van der Waals surface area contributed by atoms with Crippen molar-refractivity contribution in [3.63, 3.8) is 0 Å². The number of hydrogen-bond donors (Lipinski definition) is 2. The minimum Gasteiger partial charge on any atom is -0.324 e. The molecule has 3 aromatic rings.